The Morgan fingerprint density at radius 1 is 1.39 bits per heavy atom. The summed E-state index contributed by atoms with van der Waals surface area (Å²) in [7, 11) is 1.40. The Morgan fingerprint density at radius 2 is 2.11 bits per heavy atom. The van der Waals surface area contributed by atoms with Gasteiger partial charge >= 0.3 is 5.97 Å². The summed E-state index contributed by atoms with van der Waals surface area (Å²) in [4.78, 5) is 22.9. The summed E-state index contributed by atoms with van der Waals surface area (Å²) in [5, 5.41) is 0. The quantitative estimate of drug-likeness (QED) is 0.838. The third kappa shape index (κ3) is 1.77. The summed E-state index contributed by atoms with van der Waals surface area (Å²) in [6, 6.07) is 0. The maximum atomic E-state index is 11.7. The second-order valence-electron chi connectivity index (χ2n) is 4.38. The SMILES string of the molecule is COC(=O)c1c[nH]c(-c2cncnc2)c1C1CC1. The van der Waals surface area contributed by atoms with Gasteiger partial charge in [-0.2, -0.15) is 0 Å². The molecule has 0 aromatic carbocycles. The standard InChI is InChI=1S/C13H13N3O2/c1-18-13(17)10-6-16-12(11(10)8-2-3-8)9-4-14-7-15-5-9/h4-8,16H,2-3H2,1H3. The molecule has 2 aromatic heterocycles. The normalized spacial score (nSPS) is 14.5. The summed E-state index contributed by atoms with van der Waals surface area (Å²) in [5.41, 5.74) is 3.49. The zero-order valence-corrected chi connectivity index (χ0v) is 10.0. The number of ether oxygens (including phenoxy) is 1. The van der Waals surface area contributed by atoms with Crippen LogP contribution in [0.2, 0.25) is 0 Å². The van der Waals surface area contributed by atoms with Gasteiger partial charge in [-0.05, 0) is 24.3 Å². The minimum absolute atomic E-state index is 0.295. The Labute approximate surface area is 104 Å². The number of aromatic nitrogens is 3. The third-order valence-corrected chi connectivity index (χ3v) is 3.16. The Hall–Kier alpha value is -2.17. The highest BCUT2D eigenvalue weighted by Crippen LogP contribution is 2.45. The first-order chi connectivity index (χ1) is 8.81. The molecule has 0 radical (unpaired) electrons. The van der Waals surface area contributed by atoms with Crippen molar-refractivity contribution in [1.29, 1.82) is 0 Å². The first-order valence-corrected chi connectivity index (χ1v) is 5.86. The van der Waals surface area contributed by atoms with Crippen LogP contribution in [0.15, 0.2) is 24.9 Å². The topological polar surface area (TPSA) is 67.9 Å². The fourth-order valence-electron chi connectivity index (χ4n) is 2.18. The highest BCUT2D eigenvalue weighted by molar-refractivity contribution is 5.93. The van der Waals surface area contributed by atoms with Crippen molar-refractivity contribution in [3.8, 4) is 11.3 Å². The first kappa shape index (κ1) is 11.0. The van der Waals surface area contributed by atoms with Gasteiger partial charge in [-0.3, -0.25) is 0 Å². The minimum Gasteiger partial charge on any atom is -0.465 e. The van der Waals surface area contributed by atoms with Crippen LogP contribution in [0.4, 0.5) is 0 Å². The monoisotopic (exact) mass is 243 g/mol. The van der Waals surface area contributed by atoms with Crippen LogP contribution in [0.25, 0.3) is 11.3 Å². The van der Waals surface area contributed by atoms with Gasteiger partial charge in [0.05, 0.1) is 18.4 Å². The van der Waals surface area contributed by atoms with Gasteiger partial charge in [0.25, 0.3) is 0 Å². The lowest BCUT2D eigenvalue weighted by Crippen LogP contribution is -2.02. The molecule has 5 heteroatoms. The number of nitrogens with zero attached hydrogens (tertiary/aromatic N) is 2. The molecule has 0 amide bonds. The van der Waals surface area contributed by atoms with Crippen LogP contribution in [-0.4, -0.2) is 28.0 Å². The van der Waals surface area contributed by atoms with Crippen molar-refractivity contribution in [1.82, 2.24) is 15.0 Å². The van der Waals surface area contributed by atoms with Crippen molar-refractivity contribution in [2.75, 3.05) is 7.11 Å². The molecule has 2 heterocycles. The number of aromatic amines is 1. The lowest BCUT2D eigenvalue weighted by molar-refractivity contribution is 0.0600. The molecule has 5 nitrogen and oxygen atoms in total. The number of carbonyl (C=O) groups is 1. The molecule has 0 spiro atoms. The van der Waals surface area contributed by atoms with Gasteiger partial charge in [0, 0.05) is 24.2 Å². The molecular weight excluding hydrogens is 230 g/mol. The Bertz CT molecular complexity index is 573. The Morgan fingerprint density at radius 3 is 2.72 bits per heavy atom. The van der Waals surface area contributed by atoms with Crippen LogP contribution >= 0.6 is 0 Å². The van der Waals surface area contributed by atoms with Gasteiger partial charge < -0.3 is 9.72 Å². The molecule has 0 atom stereocenters. The van der Waals surface area contributed by atoms with E-state index in [1.54, 1.807) is 18.6 Å². The number of hydrogen-bond donors (Lipinski definition) is 1. The Kier molecular flexibility index (Phi) is 2.59. The van der Waals surface area contributed by atoms with Crippen LogP contribution < -0.4 is 0 Å². The molecule has 1 aliphatic rings. The van der Waals surface area contributed by atoms with E-state index in [0.717, 1.165) is 29.7 Å². The first-order valence-electron chi connectivity index (χ1n) is 5.86. The van der Waals surface area contributed by atoms with Crippen LogP contribution in [0, 0.1) is 0 Å². The van der Waals surface area contributed by atoms with E-state index in [0.29, 0.717) is 11.5 Å². The molecule has 18 heavy (non-hydrogen) atoms. The second-order valence-corrected chi connectivity index (χ2v) is 4.38. The largest absolute Gasteiger partial charge is 0.465 e. The fraction of sp³-hybridized carbons (Fsp3) is 0.308. The molecule has 2 aromatic rings. The van der Waals surface area contributed by atoms with Crippen LogP contribution in [0.5, 0.6) is 0 Å². The molecule has 1 saturated carbocycles. The molecule has 0 saturated heterocycles. The second kappa shape index (κ2) is 4.25. The molecular formula is C13H13N3O2. The number of methoxy groups -OCH3 is 1. The van der Waals surface area contributed by atoms with E-state index in [-0.39, 0.29) is 5.97 Å². The maximum Gasteiger partial charge on any atom is 0.339 e. The highest BCUT2D eigenvalue weighted by atomic mass is 16.5. The third-order valence-electron chi connectivity index (χ3n) is 3.16. The molecule has 0 aliphatic heterocycles. The average molecular weight is 243 g/mol. The number of H-pyrrole nitrogens is 1. The fourth-order valence-corrected chi connectivity index (χ4v) is 2.18. The average Bonchev–Trinajstić information content (AvgIpc) is 3.17. The van der Waals surface area contributed by atoms with Gasteiger partial charge in [-0.25, -0.2) is 14.8 Å². The van der Waals surface area contributed by atoms with E-state index >= 15 is 0 Å². The van der Waals surface area contributed by atoms with E-state index in [2.05, 4.69) is 15.0 Å². The zero-order chi connectivity index (χ0) is 12.5. The summed E-state index contributed by atoms with van der Waals surface area (Å²) >= 11 is 0. The Balaban J connectivity index is 2.10. The number of rotatable bonds is 3. The van der Waals surface area contributed by atoms with Crippen molar-refractivity contribution in [2.45, 2.75) is 18.8 Å². The van der Waals surface area contributed by atoms with Crippen molar-refractivity contribution >= 4 is 5.97 Å². The summed E-state index contributed by atoms with van der Waals surface area (Å²) in [5.74, 6) is 0.150. The molecule has 0 unspecified atom stereocenters. The summed E-state index contributed by atoms with van der Waals surface area (Å²) in [6.07, 6.45) is 8.91. The number of esters is 1. The smallest absolute Gasteiger partial charge is 0.339 e. The van der Waals surface area contributed by atoms with Crippen molar-refractivity contribution in [2.24, 2.45) is 0 Å². The molecule has 92 valence electrons. The van der Waals surface area contributed by atoms with E-state index in [9.17, 15) is 4.79 Å². The molecule has 0 bridgehead atoms. The number of hydrogen-bond acceptors (Lipinski definition) is 4. The van der Waals surface area contributed by atoms with Gasteiger partial charge in [0.15, 0.2) is 0 Å². The predicted molar refractivity (Wildman–Crippen MR) is 65.1 cm³/mol. The van der Waals surface area contributed by atoms with E-state index < -0.39 is 0 Å². The minimum atomic E-state index is -0.295. The molecule has 1 fully saturated rings. The van der Waals surface area contributed by atoms with Crippen LogP contribution in [-0.2, 0) is 4.74 Å². The zero-order valence-electron chi connectivity index (χ0n) is 10.0. The van der Waals surface area contributed by atoms with Gasteiger partial charge in [-0.1, -0.05) is 0 Å². The summed E-state index contributed by atoms with van der Waals surface area (Å²) in [6.45, 7) is 0. The molecule has 3 rings (SSSR count). The van der Waals surface area contributed by atoms with E-state index in [1.807, 2.05) is 0 Å². The van der Waals surface area contributed by atoms with Crippen molar-refractivity contribution in [3.05, 3.63) is 36.0 Å². The van der Waals surface area contributed by atoms with Gasteiger partial charge in [-0.15, -0.1) is 0 Å². The molecule has 1 aliphatic carbocycles. The molecule has 1 N–H and O–H groups in total. The van der Waals surface area contributed by atoms with Crippen LogP contribution in [0.1, 0.15) is 34.7 Å². The van der Waals surface area contributed by atoms with E-state index in [1.165, 1.54) is 13.4 Å². The van der Waals surface area contributed by atoms with Crippen molar-refractivity contribution < 1.29 is 9.53 Å². The number of carbonyl (C=O) groups excluding carboxylic acids is 1. The van der Waals surface area contributed by atoms with Crippen LogP contribution in [0.3, 0.4) is 0 Å². The lowest BCUT2D eigenvalue weighted by Gasteiger charge is -2.04. The predicted octanol–water partition coefficient (Wildman–Crippen LogP) is 2.14. The number of nitrogens with one attached hydrogen (secondary N) is 1. The van der Waals surface area contributed by atoms with Gasteiger partial charge in [0.2, 0.25) is 0 Å². The highest BCUT2D eigenvalue weighted by Gasteiger charge is 2.32. The van der Waals surface area contributed by atoms with Crippen molar-refractivity contribution in [3.63, 3.8) is 0 Å². The maximum absolute atomic E-state index is 11.7. The van der Waals surface area contributed by atoms with E-state index in [4.69, 9.17) is 4.74 Å². The van der Waals surface area contributed by atoms with Gasteiger partial charge in [0.1, 0.15) is 6.33 Å². The summed E-state index contributed by atoms with van der Waals surface area (Å²) < 4.78 is 4.81. The lowest BCUT2D eigenvalue weighted by atomic mass is 10.0.